The van der Waals surface area contributed by atoms with Crippen molar-refractivity contribution < 1.29 is 23.1 Å². The number of ether oxygens (including phenoxy) is 1. The molecule has 2 amide bonds. The SMILES string of the molecule is CC(C)(C)OC(=O)c1c(NC(=O)NCc2c(-n3cccc3)sc3c2CCC(F)(F)C3)sc2c1CCCCC2. The van der Waals surface area contributed by atoms with E-state index < -0.39 is 23.5 Å². The number of hydrogen-bond acceptors (Lipinski definition) is 5. The molecule has 0 fully saturated rings. The number of carbonyl (C=O) groups excluding carboxylic acids is 2. The summed E-state index contributed by atoms with van der Waals surface area (Å²) < 4.78 is 35.9. The molecule has 0 bridgehead atoms. The predicted octanol–water partition coefficient (Wildman–Crippen LogP) is 7.27. The number of aromatic nitrogens is 1. The molecule has 0 saturated heterocycles. The number of urea groups is 1. The normalized spacial score (nSPS) is 16.8. The van der Waals surface area contributed by atoms with Crippen LogP contribution in [0.2, 0.25) is 0 Å². The Bertz CT molecular complexity index is 1340. The van der Waals surface area contributed by atoms with E-state index in [1.165, 1.54) is 22.7 Å². The van der Waals surface area contributed by atoms with Gasteiger partial charge in [-0.3, -0.25) is 5.32 Å². The minimum Gasteiger partial charge on any atom is -0.456 e. The number of esters is 1. The highest BCUT2D eigenvalue weighted by atomic mass is 32.1. The van der Waals surface area contributed by atoms with Gasteiger partial charge in [-0.2, -0.15) is 0 Å². The second-order valence-electron chi connectivity index (χ2n) is 11.0. The first-order chi connectivity index (χ1) is 18.0. The molecule has 0 aliphatic heterocycles. The van der Waals surface area contributed by atoms with Crippen LogP contribution in [0.1, 0.15) is 83.3 Å². The highest BCUT2D eigenvalue weighted by molar-refractivity contribution is 7.17. The van der Waals surface area contributed by atoms with Gasteiger partial charge < -0.3 is 14.6 Å². The standard InChI is InChI=1S/C28H33F2N3O3S2/c1-27(2,3)36-25(34)22-18-9-5-4-6-10-20(18)37-23(22)32-26(35)31-16-19-17-11-12-28(29,30)15-21(17)38-24(19)33-13-7-8-14-33/h7-8,13-14H,4-6,9-12,15-16H2,1-3H3,(H2,31,32,35). The van der Waals surface area contributed by atoms with Crippen molar-refractivity contribution in [3.05, 3.63) is 56.5 Å². The Morgan fingerprint density at radius 2 is 1.76 bits per heavy atom. The van der Waals surface area contributed by atoms with E-state index in [0.29, 0.717) is 15.4 Å². The molecular weight excluding hydrogens is 528 g/mol. The summed E-state index contributed by atoms with van der Waals surface area (Å²) in [4.78, 5) is 28.1. The lowest BCUT2D eigenvalue weighted by Gasteiger charge is -2.22. The van der Waals surface area contributed by atoms with Crippen LogP contribution in [0.3, 0.4) is 0 Å². The number of halogens is 2. The number of hydrogen-bond donors (Lipinski definition) is 2. The molecule has 0 radical (unpaired) electrons. The molecule has 2 aliphatic carbocycles. The van der Waals surface area contributed by atoms with Crippen LogP contribution < -0.4 is 10.6 Å². The van der Waals surface area contributed by atoms with Gasteiger partial charge in [0.1, 0.15) is 15.6 Å². The van der Waals surface area contributed by atoms with Crippen molar-refractivity contribution >= 4 is 39.7 Å². The lowest BCUT2D eigenvalue weighted by atomic mass is 9.92. The summed E-state index contributed by atoms with van der Waals surface area (Å²) in [5.41, 5.74) is 2.56. The molecule has 3 aromatic heterocycles. The van der Waals surface area contributed by atoms with Crippen LogP contribution in [0.5, 0.6) is 0 Å². The Morgan fingerprint density at radius 3 is 2.50 bits per heavy atom. The van der Waals surface area contributed by atoms with Gasteiger partial charge in [0.25, 0.3) is 5.92 Å². The second kappa shape index (κ2) is 10.4. The van der Waals surface area contributed by atoms with Crippen LogP contribution in [-0.4, -0.2) is 28.1 Å². The monoisotopic (exact) mass is 561 g/mol. The van der Waals surface area contributed by atoms with Crippen LogP contribution in [0.25, 0.3) is 5.00 Å². The molecule has 204 valence electrons. The molecule has 0 atom stereocenters. The Morgan fingerprint density at radius 1 is 1.03 bits per heavy atom. The highest BCUT2D eigenvalue weighted by Crippen LogP contribution is 2.42. The summed E-state index contributed by atoms with van der Waals surface area (Å²) in [6.07, 6.45) is 8.40. The van der Waals surface area contributed by atoms with Crippen molar-refractivity contribution in [2.24, 2.45) is 0 Å². The van der Waals surface area contributed by atoms with Gasteiger partial charge in [0.15, 0.2) is 0 Å². The van der Waals surface area contributed by atoms with Crippen LogP contribution >= 0.6 is 22.7 Å². The molecule has 2 aliphatic rings. The zero-order chi connectivity index (χ0) is 27.1. The zero-order valence-electron chi connectivity index (χ0n) is 21.9. The van der Waals surface area contributed by atoms with Gasteiger partial charge in [0.05, 0.1) is 5.56 Å². The summed E-state index contributed by atoms with van der Waals surface area (Å²) in [7, 11) is 0. The Hall–Kier alpha value is -2.72. The third-order valence-corrected chi connectivity index (χ3v) is 9.35. The number of fused-ring (bicyclic) bond motifs is 2. The first kappa shape index (κ1) is 26.9. The quantitative estimate of drug-likeness (QED) is 0.254. The lowest BCUT2D eigenvalue weighted by molar-refractivity contribution is -0.0113. The second-order valence-corrected chi connectivity index (χ2v) is 13.2. The maximum Gasteiger partial charge on any atom is 0.341 e. The van der Waals surface area contributed by atoms with Gasteiger partial charge in [-0.25, -0.2) is 18.4 Å². The molecule has 3 heterocycles. The lowest BCUT2D eigenvalue weighted by Crippen LogP contribution is -2.30. The van der Waals surface area contributed by atoms with Crippen molar-refractivity contribution in [2.75, 3.05) is 5.32 Å². The largest absolute Gasteiger partial charge is 0.456 e. The van der Waals surface area contributed by atoms with Gasteiger partial charge in [0.2, 0.25) is 0 Å². The fraction of sp³-hybridized carbons (Fsp3) is 0.500. The van der Waals surface area contributed by atoms with Crippen LogP contribution in [0.15, 0.2) is 24.5 Å². The molecule has 2 N–H and O–H groups in total. The average molecular weight is 562 g/mol. The van der Waals surface area contributed by atoms with Crippen LogP contribution in [0, 0.1) is 0 Å². The van der Waals surface area contributed by atoms with Crippen LogP contribution in [0.4, 0.5) is 18.6 Å². The van der Waals surface area contributed by atoms with Crippen molar-refractivity contribution in [1.82, 2.24) is 9.88 Å². The summed E-state index contributed by atoms with van der Waals surface area (Å²) >= 11 is 2.81. The summed E-state index contributed by atoms with van der Waals surface area (Å²) in [5, 5.41) is 7.18. The van der Waals surface area contributed by atoms with E-state index in [-0.39, 0.29) is 25.8 Å². The molecular formula is C28H33F2N3O3S2. The van der Waals surface area contributed by atoms with E-state index in [1.54, 1.807) is 0 Å². The molecule has 3 aromatic rings. The summed E-state index contributed by atoms with van der Waals surface area (Å²) in [6.45, 7) is 5.68. The first-order valence-electron chi connectivity index (χ1n) is 13.1. The van der Waals surface area contributed by atoms with E-state index in [1.807, 2.05) is 49.9 Å². The number of rotatable bonds is 5. The van der Waals surface area contributed by atoms with E-state index in [2.05, 4.69) is 10.6 Å². The van der Waals surface area contributed by atoms with E-state index >= 15 is 0 Å². The van der Waals surface area contributed by atoms with Gasteiger partial charge in [-0.15, -0.1) is 22.7 Å². The minimum atomic E-state index is -2.71. The molecule has 6 nitrogen and oxygen atoms in total. The highest BCUT2D eigenvalue weighted by Gasteiger charge is 2.37. The van der Waals surface area contributed by atoms with Crippen LogP contribution in [-0.2, 0) is 37.0 Å². The molecule has 38 heavy (non-hydrogen) atoms. The summed E-state index contributed by atoms with van der Waals surface area (Å²) in [6, 6.07) is 3.33. The fourth-order valence-corrected chi connectivity index (χ4v) is 7.84. The average Bonchev–Trinajstić information content (AvgIpc) is 3.50. The maximum atomic E-state index is 14.1. The smallest absolute Gasteiger partial charge is 0.341 e. The molecule has 0 saturated carbocycles. The number of alkyl halides is 2. The number of amides is 2. The number of aryl methyl sites for hydroxylation is 1. The number of nitrogens with one attached hydrogen (secondary N) is 2. The minimum absolute atomic E-state index is 0.193. The van der Waals surface area contributed by atoms with Crippen molar-refractivity contribution in [2.45, 2.75) is 90.2 Å². The van der Waals surface area contributed by atoms with E-state index in [0.717, 1.165) is 58.7 Å². The number of nitrogens with zero attached hydrogens (tertiary/aromatic N) is 1. The van der Waals surface area contributed by atoms with Gasteiger partial charge in [-0.1, -0.05) is 6.42 Å². The number of thiophene rings is 2. The predicted molar refractivity (Wildman–Crippen MR) is 147 cm³/mol. The van der Waals surface area contributed by atoms with Gasteiger partial charge >= 0.3 is 12.0 Å². The number of carbonyl (C=O) groups is 2. The molecule has 5 rings (SSSR count). The van der Waals surface area contributed by atoms with Crippen molar-refractivity contribution in [3.8, 4) is 5.00 Å². The number of anilines is 1. The third kappa shape index (κ3) is 5.81. The molecule has 0 spiro atoms. The molecule has 0 aromatic carbocycles. The first-order valence-corrected chi connectivity index (χ1v) is 14.7. The zero-order valence-corrected chi connectivity index (χ0v) is 23.6. The Kier molecular flexibility index (Phi) is 7.39. The maximum absolute atomic E-state index is 14.1. The van der Waals surface area contributed by atoms with Gasteiger partial charge in [0, 0.05) is 47.1 Å². The Labute approximate surface area is 229 Å². The van der Waals surface area contributed by atoms with Gasteiger partial charge in [-0.05, 0) is 76.1 Å². The third-order valence-electron chi connectivity index (χ3n) is 6.85. The fourth-order valence-electron chi connectivity index (χ4n) is 5.15. The van der Waals surface area contributed by atoms with Crippen molar-refractivity contribution in [3.63, 3.8) is 0 Å². The Balaban J connectivity index is 1.38. The molecule has 0 unspecified atom stereocenters. The van der Waals surface area contributed by atoms with E-state index in [4.69, 9.17) is 4.74 Å². The molecule has 10 heteroatoms. The summed E-state index contributed by atoms with van der Waals surface area (Å²) in [5.74, 6) is -3.13. The van der Waals surface area contributed by atoms with E-state index in [9.17, 15) is 18.4 Å². The topological polar surface area (TPSA) is 72.4 Å². The van der Waals surface area contributed by atoms with Crippen molar-refractivity contribution in [1.29, 1.82) is 0 Å².